The lowest BCUT2D eigenvalue weighted by atomic mass is 10.2. The van der Waals surface area contributed by atoms with Crippen LogP contribution in [0.25, 0.3) is 0 Å². The molecule has 1 aliphatic heterocycles. The van der Waals surface area contributed by atoms with Gasteiger partial charge in [-0.1, -0.05) is 0 Å². The molecule has 0 unspecified atom stereocenters. The molecule has 0 spiro atoms. The van der Waals surface area contributed by atoms with Gasteiger partial charge in [-0.3, -0.25) is 14.9 Å². The second kappa shape index (κ2) is 9.80. The maximum atomic E-state index is 12.1. The number of likely N-dealkylation sites (N-methyl/N-ethyl adjacent to an activating group) is 1. The van der Waals surface area contributed by atoms with Crippen molar-refractivity contribution in [3.8, 4) is 0 Å². The fraction of sp³-hybridized carbons (Fsp3) is 0.846. The Balaban J connectivity index is 2.57. The number of nitrogens with one attached hydrogen (secondary N) is 2. The number of Topliss-reactive ketones (excluding diaryl/α,β-unsaturated/α-hetero) is 2. The summed E-state index contributed by atoms with van der Waals surface area (Å²) in [5, 5.41) is 6.17. The van der Waals surface area contributed by atoms with E-state index >= 15 is 0 Å². The highest BCUT2D eigenvalue weighted by Gasteiger charge is 2.20. The van der Waals surface area contributed by atoms with Crippen LogP contribution in [0, 0.1) is 0 Å². The average Bonchev–Trinajstić information content (AvgIpc) is 2.40. The third-order valence-electron chi connectivity index (χ3n) is 3.15. The maximum Gasteiger partial charge on any atom is 0.164 e. The third kappa shape index (κ3) is 6.79. The van der Waals surface area contributed by atoms with Crippen LogP contribution in [0.4, 0.5) is 0 Å². The zero-order valence-electron chi connectivity index (χ0n) is 11.7. The molecule has 0 radical (unpaired) electrons. The van der Waals surface area contributed by atoms with Gasteiger partial charge in [-0.15, -0.1) is 0 Å². The number of carbonyl (C=O) groups is 2. The van der Waals surface area contributed by atoms with Crippen molar-refractivity contribution in [3.63, 3.8) is 0 Å². The number of rotatable bonds is 2. The lowest BCUT2D eigenvalue weighted by molar-refractivity contribution is -0.120. The van der Waals surface area contributed by atoms with Crippen molar-refractivity contribution in [3.05, 3.63) is 0 Å². The highest BCUT2D eigenvalue weighted by Crippen LogP contribution is 2.12. The summed E-state index contributed by atoms with van der Waals surface area (Å²) in [6.07, 6.45) is 2.36. The van der Waals surface area contributed by atoms with E-state index in [1.165, 1.54) is 12.8 Å². The molecule has 2 N–H and O–H groups in total. The van der Waals surface area contributed by atoms with Crippen LogP contribution in [-0.2, 0) is 9.59 Å². The van der Waals surface area contributed by atoms with Crippen molar-refractivity contribution in [1.82, 2.24) is 10.6 Å². The van der Waals surface area contributed by atoms with Gasteiger partial charge >= 0.3 is 0 Å². The van der Waals surface area contributed by atoms with Crippen molar-refractivity contribution < 1.29 is 9.59 Å². The number of thioether (sulfide) groups is 2. The van der Waals surface area contributed by atoms with Crippen molar-refractivity contribution in [2.75, 3.05) is 36.6 Å². The Kier molecular flexibility index (Phi) is 8.77. The zero-order chi connectivity index (χ0) is 14.1. The highest BCUT2D eigenvalue weighted by molar-refractivity contribution is 7.99. The largest absolute Gasteiger partial charge is 0.310 e. The molecule has 0 amide bonds. The highest BCUT2D eigenvalue weighted by atomic mass is 32.2. The standard InChI is InChI=1S/C13H24N2O2S2/c1-10(16)11-8-18-5-3-4-6-19-9-12(14-2)13(17)7-15-11/h11-12,14-15H,3-9H2,1-2H3/t11-,12-/m0/s1. The monoisotopic (exact) mass is 304 g/mol. The Hall–Kier alpha value is -0.0400. The Morgan fingerprint density at radius 3 is 2.47 bits per heavy atom. The molecule has 6 heteroatoms. The summed E-state index contributed by atoms with van der Waals surface area (Å²) < 4.78 is 0. The maximum absolute atomic E-state index is 12.1. The fourth-order valence-electron chi connectivity index (χ4n) is 1.81. The number of hydrogen-bond acceptors (Lipinski definition) is 6. The summed E-state index contributed by atoms with van der Waals surface area (Å²) in [5.41, 5.74) is 0. The van der Waals surface area contributed by atoms with Crippen LogP contribution < -0.4 is 10.6 Å². The molecule has 19 heavy (non-hydrogen) atoms. The third-order valence-corrected chi connectivity index (χ3v) is 5.44. The van der Waals surface area contributed by atoms with Gasteiger partial charge in [0.05, 0.1) is 18.6 Å². The predicted molar refractivity (Wildman–Crippen MR) is 84.2 cm³/mol. The van der Waals surface area contributed by atoms with Crippen molar-refractivity contribution in [1.29, 1.82) is 0 Å². The minimum absolute atomic E-state index is 0.112. The molecule has 1 fully saturated rings. The Morgan fingerprint density at radius 1 is 1.26 bits per heavy atom. The molecule has 0 aromatic rings. The summed E-state index contributed by atoms with van der Waals surface area (Å²) in [5.74, 6) is 4.04. The van der Waals surface area contributed by atoms with E-state index in [1.807, 2.05) is 18.8 Å². The molecule has 110 valence electrons. The molecule has 1 rings (SSSR count). The first-order chi connectivity index (χ1) is 9.15. The van der Waals surface area contributed by atoms with Gasteiger partial charge in [-0.05, 0) is 38.3 Å². The smallest absolute Gasteiger partial charge is 0.164 e. The zero-order valence-corrected chi connectivity index (χ0v) is 13.4. The van der Waals surface area contributed by atoms with E-state index in [2.05, 4.69) is 10.6 Å². The first-order valence-electron chi connectivity index (χ1n) is 6.74. The molecule has 0 aliphatic carbocycles. The molecular weight excluding hydrogens is 280 g/mol. The van der Waals surface area contributed by atoms with E-state index in [9.17, 15) is 9.59 Å². The molecule has 1 heterocycles. The summed E-state index contributed by atoms with van der Waals surface area (Å²) in [4.78, 5) is 23.6. The van der Waals surface area contributed by atoms with Crippen LogP contribution in [0.2, 0.25) is 0 Å². The first kappa shape index (κ1) is 17.0. The van der Waals surface area contributed by atoms with Gasteiger partial charge in [0.15, 0.2) is 5.78 Å². The molecule has 2 atom stereocenters. The summed E-state index contributed by atoms with van der Waals surface area (Å²) in [6.45, 7) is 1.86. The molecule has 0 bridgehead atoms. The molecule has 0 aromatic heterocycles. The van der Waals surface area contributed by atoms with Crippen LogP contribution in [0.15, 0.2) is 0 Å². The lowest BCUT2D eigenvalue weighted by Crippen LogP contribution is -2.46. The molecular formula is C13H24N2O2S2. The topological polar surface area (TPSA) is 58.2 Å². The predicted octanol–water partition coefficient (Wildman–Crippen LogP) is 0.951. The number of ketones is 2. The molecule has 0 aromatic carbocycles. The summed E-state index contributed by atoms with van der Waals surface area (Å²) in [6, 6.07) is -0.307. The lowest BCUT2D eigenvalue weighted by Gasteiger charge is -2.18. The minimum Gasteiger partial charge on any atom is -0.310 e. The Bertz CT molecular complexity index is 300. The molecule has 4 nitrogen and oxygen atoms in total. The second-order valence-electron chi connectivity index (χ2n) is 4.71. The van der Waals surface area contributed by atoms with Gasteiger partial charge in [-0.25, -0.2) is 0 Å². The number of carbonyl (C=O) groups excluding carboxylic acids is 2. The average molecular weight is 304 g/mol. The van der Waals surface area contributed by atoms with Gasteiger partial charge in [0.25, 0.3) is 0 Å². The van der Waals surface area contributed by atoms with Crippen molar-refractivity contribution >= 4 is 35.1 Å². The van der Waals surface area contributed by atoms with E-state index in [-0.39, 0.29) is 30.2 Å². The molecule has 1 aliphatic rings. The van der Waals surface area contributed by atoms with Gasteiger partial charge in [-0.2, -0.15) is 23.5 Å². The van der Waals surface area contributed by atoms with Gasteiger partial charge in [0.2, 0.25) is 0 Å². The SMILES string of the molecule is CN[C@H]1CSCCCCSC[C@@H](C(C)=O)NCC1=O. The van der Waals surface area contributed by atoms with Crippen molar-refractivity contribution in [2.24, 2.45) is 0 Å². The summed E-state index contributed by atoms with van der Waals surface area (Å²) >= 11 is 3.63. The van der Waals surface area contributed by atoms with Crippen LogP contribution in [0.3, 0.4) is 0 Å². The Morgan fingerprint density at radius 2 is 1.89 bits per heavy atom. The van der Waals surface area contributed by atoms with E-state index < -0.39 is 0 Å². The first-order valence-corrected chi connectivity index (χ1v) is 9.05. The normalized spacial score (nSPS) is 28.0. The van der Waals surface area contributed by atoms with Crippen LogP contribution >= 0.6 is 23.5 Å². The molecule has 0 saturated carbocycles. The van der Waals surface area contributed by atoms with Crippen molar-refractivity contribution in [2.45, 2.75) is 31.8 Å². The van der Waals surface area contributed by atoms with Gasteiger partial charge in [0, 0.05) is 11.5 Å². The molecule has 1 saturated heterocycles. The van der Waals surface area contributed by atoms with Crippen LogP contribution in [0.5, 0.6) is 0 Å². The van der Waals surface area contributed by atoms with Gasteiger partial charge < -0.3 is 5.32 Å². The fourth-order valence-corrected chi connectivity index (χ4v) is 4.14. The second-order valence-corrected chi connectivity index (χ2v) is 7.01. The Labute approximate surface area is 124 Å². The van der Waals surface area contributed by atoms with E-state index in [1.54, 1.807) is 18.7 Å². The van der Waals surface area contributed by atoms with E-state index in [0.717, 1.165) is 23.0 Å². The van der Waals surface area contributed by atoms with Crippen LogP contribution in [0.1, 0.15) is 19.8 Å². The van der Waals surface area contributed by atoms with E-state index in [0.29, 0.717) is 0 Å². The minimum atomic E-state index is -0.195. The van der Waals surface area contributed by atoms with Gasteiger partial charge in [0.1, 0.15) is 5.78 Å². The number of hydrogen-bond donors (Lipinski definition) is 2. The summed E-state index contributed by atoms with van der Waals surface area (Å²) in [7, 11) is 1.82. The quantitative estimate of drug-likeness (QED) is 0.792. The van der Waals surface area contributed by atoms with Crippen LogP contribution in [-0.4, -0.2) is 60.3 Å². The van der Waals surface area contributed by atoms with E-state index in [4.69, 9.17) is 0 Å².